The maximum Gasteiger partial charge on any atom is 0.335 e. The quantitative estimate of drug-likeness (QED) is 0.392. The SMILES string of the molecule is COc1c(I)cc(I)cc1C=C1SC(=Nc2cccc(C(=O)O)c2)N(C)C1=O. The number of aliphatic imine (C=N–C) groups is 1. The van der Waals surface area contributed by atoms with E-state index >= 15 is 0 Å². The van der Waals surface area contributed by atoms with E-state index in [2.05, 4.69) is 50.2 Å². The maximum absolute atomic E-state index is 12.7. The molecule has 1 heterocycles. The van der Waals surface area contributed by atoms with E-state index in [9.17, 15) is 9.59 Å². The molecule has 0 unspecified atom stereocenters. The van der Waals surface area contributed by atoms with Gasteiger partial charge in [-0.2, -0.15) is 0 Å². The smallest absolute Gasteiger partial charge is 0.335 e. The van der Waals surface area contributed by atoms with Crippen LogP contribution < -0.4 is 4.74 Å². The third kappa shape index (κ3) is 4.51. The van der Waals surface area contributed by atoms with Gasteiger partial charge in [0, 0.05) is 16.2 Å². The molecule has 1 amide bonds. The van der Waals surface area contributed by atoms with Crippen LogP contribution in [0.1, 0.15) is 15.9 Å². The van der Waals surface area contributed by atoms with Crippen molar-refractivity contribution in [2.45, 2.75) is 0 Å². The van der Waals surface area contributed by atoms with Crippen LogP contribution >= 0.6 is 56.9 Å². The summed E-state index contributed by atoms with van der Waals surface area (Å²) in [6.45, 7) is 0. The van der Waals surface area contributed by atoms with Gasteiger partial charge < -0.3 is 9.84 Å². The number of thioether (sulfide) groups is 1. The second kappa shape index (κ2) is 8.82. The van der Waals surface area contributed by atoms with Crippen molar-refractivity contribution in [2.75, 3.05) is 14.2 Å². The van der Waals surface area contributed by atoms with E-state index in [1.165, 1.54) is 28.8 Å². The number of carbonyl (C=O) groups excluding carboxylic acids is 1. The maximum atomic E-state index is 12.7. The van der Waals surface area contributed by atoms with Crippen molar-refractivity contribution in [2.24, 2.45) is 4.99 Å². The Labute approximate surface area is 193 Å². The highest BCUT2D eigenvalue weighted by atomic mass is 127. The van der Waals surface area contributed by atoms with Gasteiger partial charge >= 0.3 is 5.97 Å². The first-order chi connectivity index (χ1) is 13.3. The van der Waals surface area contributed by atoms with Crippen LogP contribution in [0.15, 0.2) is 46.3 Å². The molecule has 1 fully saturated rings. The number of amidine groups is 1. The van der Waals surface area contributed by atoms with E-state index in [-0.39, 0.29) is 11.5 Å². The Morgan fingerprint density at radius 3 is 2.71 bits per heavy atom. The number of rotatable bonds is 4. The van der Waals surface area contributed by atoms with E-state index < -0.39 is 5.97 Å². The predicted octanol–water partition coefficient (Wildman–Crippen LogP) is 4.84. The van der Waals surface area contributed by atoms with Crippen LogP contribution in [0.4, 0.5) is 5.69 Å². The molecule has 1 aliphatic heterocycles. The average molecular weight is 620 g/mol. The van der Waals surface area contributed by atoms with Gasteiger partial charge in [-0.3, -0.25) is 9.69 Å². The molecule has 0 bridgehead atoms. The van der Waals surface area contributed by atoms with E-state index in [0.29, 0.717) is 21.5 Å². The first-order valence-corrected chi connectivity index (χ1v) is 10.9. The number of hydrogen-bond acceptors (Lipinski definition) is 5. The van der Waals surface area contributed by atoms with Gasteiger partial charge in [0.05, 0.1) is 26.8 Å². The standard InChI is InChI=1S/C19H14I2N2O4S/c1-23-17(24)15(8-11-6-12(20)9-14(21)16(11)27-2)28-19(23)22-13-5-3-4-10(7-13)18(25)26/h3-9H,1-2H3,(H,25,26). The normalized spacial score (nSPS) is 16.9. The van der Waals surface area contributed by atoms with Crippen LogP contribution in [-0.4, -0.2) is 41.2 Å². The van der Waals surface area contributed by atoms with Crippen molar-refractivity contribution >= 4 is 85.8 Å². The largest absolute Gasteiger partial charge is 0.495 e. The molecule has 144 valence electrons. The first-order valence-electron chi connectivity index (χ1n) is 7.93. The summed E-state index contributed by atoms with van der Waals surface area (Å²) in [6, 6.07) is 10.2. The third-order valence-corrected chi connectivity index (χ3v) is 6.33. The van der Waals surface area contributed by atoms with Gasteiger partial charge in [-0.1, -0.05) is 6.07 Å². The summed E-state index contributed by atoms with van der Waals surface area (Å²) in [7, 11) is 3.25. The molecule has 0 radical (unpaired) electrons. The zero-order valence-electron chi connectivity index (χ0n) is 14.8. The Balaban J connectivity index is 1.97. The molecular weight excluding hydrogens is 606 g/mol. The topological polar surface area (TPSA) is 79.2 Å². The van der Waals surface area contributed by atoms with Crippen molar-refractivity contribution in [3.05, 3.63) is 59.6 Å². The average Bonchev–Trinajstić information content (AvgIpc) is 2.89. The molecule has 3 rings (SSSR count). The lowest BCUT2D eigenvalue weighted by atomic mass is 10.2. The lowest BCUT2D eigenvalue weighted by molar-refractivity contribution is -0.121. The van der Waals surface area contributed by atoms with E-state index in [4.69, 9.17) is 9.84 Å². The highest BCUT2D eigenvalue weighted by molar-refractivity contribution is 14.1. The molecule has 2 aromatic carbocycles. The van der Waals surface area contributed by atoms with Crippen LogP contribution in [0.5, 0.6) is 5.75 Å². The molecule has 6 nitrogen and oxygen atoms in total. The molecule has 9 heteroatoms. The number of likely N-dealkylation sites (N-methyl/N-ethyl adjacent to an activating group) is 1. The number of nitrogens with zero attached hydrogens (tertiary/aromatic N) is 2. The minimum Gasteiger partial charge on any atom is -0.495 e. The van der Waals surface area contributed by atoms with Gasteiger partial charge in [-0.05, 0) is 93.4 Å². The van der Waals surface area contributed by atoms with Crippen molar-refractivity contribution in [1.29, 1.82) is 0 Å². The molecule has 28 heavy (non-hydrogen) atoms. The molecule has 0 atom stereocenters. The molecule has 1 aliphatic rings. The van der Waals surface area contributed by atoms with Gasteiger partial charge in [0.15, 0.2) is 5.17 Å². The fourth-order valence-electron chi connectivity index (χ4n) is 2.51. The number of aromatic carboxylic acids is 1. The summed E-state index contributed by atoms with van der Waals surface area (Å²) in [6.07, 6.45) is 1.79. The monoisotopic (exact) mass is 620 g/mol. The summed E-state index contributed by atoms with van der Waals surface area (Å²) < 4.78 is 7.49. The summed E-state index contributed by atoms with van der Waals surface area (Å²) in [5, 5.41) is 9.61. The minimum atomic E-state index is -1.02. The Kier molecular flexibility index (Phi) is 6.65. The van der Waals surface area contributed by atoms with E-state index in [0.717, 1.165) is 12.7 Å². The van der Waals surface area contributed by atoms with Crippen molar-refractivity contribution in [3.63, 3.8) is 0 Å². The minimum absolute atomic E-state index is 0.146. The first kappa shape index (κ1) is 21.1. The molecule has 0 spiro atoms. The fourth-order valence-corrected chi connectivity index (χ4v) is 5.60. The van der Waals surface area contributed by atoms with Gasteiger partial charge in [0.2, 0.25) is 0 Å². The molecule has 2 aromatic rings. The number of benzene rings is 2. The lowest BCUT2D eigenvalue weighted by Crippen LogP contribution is -2.23. The van der Waals surface area contributed by atoms with Crippen LogP contribution in [0.2, 0.25) is 0 Å². The second-order valence-corrected chi connectivity index (χ2v) is 9.15. The summed E-state index contributed by atoms with van der Waals surface area (Å²) in [5.41, 5.74) is 1.44. The zero-order chi connectivity index (χ0) is 20.4. The Morgan fingerprint density at radius 2 is 2.04 bits per heavy atom. The Bertz CT molecular complexity index is 1040. The van der Waals surface area contributed by atoms with E-state index in [1.807, 2.05) is 12.1 Å². The number of carbonyl (C=O) groups is 2. The molecule has 0 aromatic heterocycles. The number of ether oxygens (including phenoxy) is 1. The van der Waals surface area contributed by atoms with Crippen LogP contribution in [0.25, 0.3) is 6.08 Å². The van der Waals surface area contributed by atoms with E-state index in [1.54, 1.807) is 32.4 Å². The summed E-state index contributed by atoms with van der Waals surface area (Å²) in [4.78, 5) is 30.2. The molecule has 1 N–H and O–H groups in total. The van der Waals surface area contributed by atoms with Gasteiger partial charge in [-0.15, -0.1) is 0 Å². The molecule has 0 saturated carbocycles. The number of carboxylic acids is 1. The highest BCUT2D eigenvalue weighted by Crippen LogP contribution is 2.36. The second-order valence-electron chi connectivity index (χ2n) is 5.73. The third-order valence-electron chi connectivity index (χ3n) is 3.85. The Hall–Kier alpha value is -1.60. The number of amides is 1. The number of carboxylic acid groups (broad SMARTS) is 1. The van der Waals surface area contributed by atoms with Crippen molar-refractivity contribution in [3.8, 4) is 5.75 Å². The van der Waals surface area contributed by atoms with Crippen molar-refractivity contribution in [1.82, 2.24) is 4.90 Å². The van der Waals surface area contributed by atoms with Gasteiger partial charge in [0.25, 0.3) is 5.91 Å². The van der Waals surface area contributed by atoms with Gasteiger partial charge in [-0.25, -0.2) is 9.79 Å². The van der Waals surface area contributed by atoms with Crippen LogP contribution in [0, 0.1) is 7.14 Å². The fraction of sp³-hybridized carbons (Fsp3) is 0.105. The Morgan fingerprint density at radius 1 is 1.29 bits per heavy atom. The number of hydrogen-bond donors (Lipinski definition) is 1. The summed E-state index contributed by atoms with van der Waals surface area (Å²) in [5.74, 6) is -0.482. The zero-order valence-corrected chi connectivity index (χ0v) is 19.9. The molecular formula is C19H14I2N2O4S. The number of methoxy groups -OCH3 is 1. The summed E-state index contributed by atoms with van der Waals surface area (Å²) >= 11 is 5.67. The predicted molar refractivity (Wildman–Crippen MR) is 127 cm³/mol. The van der Waals surface area contributed by atoms with Crippen LogP contribution in [0.3, 0.4) is 0 Å². The highest BCUT2D eigenvalue weighted by Gasteiger charge is 2.30. The van der Waals surface area contributed by atoms with Crippen molar-refractivity contribution < 1.29 is 19.4 Å². The molecule has 0 aliphatic carbocycles. The molecule has 1 saturated heterocycles. The van der Waals surface area contributed by atoms with Crippen LogP contribution in [-0.2, 0) is 4.79 Å². The van der Waals surface area contributed by atoms with Gasteiger partial charge in [0.1, 0.15) is 5.75 Å². The number of halogens is 2. The lowest BCUT2D eigenvalue weighted by Gasteiger charge is -2.09.